The van der Waals surface area contributed by atoms with E-state index in [9.17, 15) is 4.39 Å². The van der Waals surface area contributed by atoms with Gasteiger partial charge in [0.2, 0.25) is 0 Å². The van der Waals surface area contributed by atoms with Crippen molar-refractivity contribution in [1.29, 1.82) is 0 Å². The van der Waals surface area contributed by atoms with Gasteiger partial charge in [-0.2, -0.15) is 0 Å². The lowest BCUT2D eigenvalue weighted by atomic mass is 10.0. The van der Waals surface area contributed by atoms with Crippen molar-refractivity contribution in [3.63, 3.8) is 0 Å². The number of ether oxygens (including phenoxy) is 1. The maximum atomic E-state index is 13.4. The molecule has 3 nitrogen and oxygen atoms in total. The monoisotopic (exact) mass is 254 g/mol. The molecule has 0 spiro atoms. The van der Waals surface area contributed by atoms with Gasteiger partial charge in [-0.25, -0.2) is 4.39 Å². The molecule has 0 aromatic heterocycles. The van der Waals surface area contributed by atoms with Crippen LogP contribution >= 0.6 is 0 Å². The largest absolute Gasteiger partial charge is 0.494 e. The molecular weight excluding hydrogens is 231 g/mol. The molecule has 0 saturated carbocycles. The smallest absolute Gasteiger partial charge is 0.165 e. The molecule has 18 heavy (non-hydrogen) atoms. The Morgan fingerprint density at radius 3 is 2.61 bits per heavy atom. The number of hydrogen-bond donors (Lipinski definition) is 2. The van der Waals surface area contributed by atoms with E-state index in [2.05, 4.69) is 5.32 Å². The summed E-state index contributed by atoms with van der Waals surface area (Å²) in [5, 5.41) is 3.30. The first-order valence-electron chi connectivity index (χ1n) is 6.24. The number of nitrogens with two attached hydrogens (primary N) is 1. The fourth-order valence-corrected chi connectivity index (χ4v) is 1.63. The molecule has 0 unspecified atom stereocenters. The minimum Gasteiger partial charge on any atom is -0.494 e. The highest BCUT2D eigenvalue weighted by Crippen LogP contribution is 2.17. The SMILES string of the molecule is COc1ccc(CCNCCC(C)(C)N)cc1F. The van der Waals surface area contributed by atoms with E-state index in [-0.39, 0.29) is 17.1 Å². The zero-order valence-corrected chi connectivity index (χ0v) is 11.4. The van der Waals surface area contributed by atoms with E-state index in [1.165, 1.54) is 13.2 Å². The van der Waals surface area contributed by atoms with Gasteiger partial charge in [-0.05, 0) is 57.5 Å². The van der Waals surface area contributed by atoms with Crippen LogP contribution in [-0.2, 0) is 6.42 Å². The van der Waals surface area contributed by atoms with Crippen molar-refractivity contribution in [2.24, 2.45) is 5.73 Å². The Morgan fingerprint density at radius 1 is 1.33 bits per heavy atom. The first-order valence-corrected chi connectivity index (χ1v) is 6.24. The van der Waals surface area contributed by atoms with E-state index < -0.39 is 0 Å². The topological polar surface area (TPSA) is 47.3 Å². The van der Waals surface area contributed by atoms with Gasteiger partial charge in [0.25, 0.3) is 0 Å². The van der Waals surface area contributed by atoms with Crippen LogP contribution in [0.5, 0.6) is 5.75 Å². The summed E-state index contributed by atoms with van der Waals surface area (Å²) in [6.07, 6.45) is 1.72. The van der Waals surface area contributed by atoms with Crippen LogP contribution in [0.4, 0.5) is 4.39 Å². The van der Waals surface area contributed by atoms with Crippen molar-refractivity contribution in [1.82, 2.24) is 5.32 Å². The van der Waals surface area contributed by atoms with E-state index in [0.29, 0.717) is 0 Å². The first-order chi connectivity index (χ1) is 8.42. The molecule has 0 bridgehead atoms. The lowest BCUT2D eigenvalue weighted by Crippen LogP contribution is -2.36. The molecule has 0 atom stereocenters. The standard InChI is InChI=1S/C14H23FN2O/c1-14(2,16)7-9-17-8-6-11-4-5-13(18-3)12(15)10-11/h4-5,10,17H,6-9,16H2,1-3H3. The molecule has 0 fully saturated rings. The van der Waals surface area contributed by atoms with Gasteiger partial charge >= 0.3 is 0 Å². The van der Waals surface area contributed by atoms with Gasteiger partial charge in [0.15, 0.2) is 11.6 Å². The van der Waals surface area contributed by atoms with Crippen LogP contribution in [0.2, 0.25) is 0 Å². The second-order valence-corrected chi connectivity index (χ2v) is 5.21. The van der Waals surface area contributed by atoms with E-state index in [4.69, 9.17) is 10.5 Å². The van der Waals surface area contributed by atoms with E-state index >= 15 is 0 Å². The average molecular weight is 254 g/mol. The summed E-state index contributed by atoms with van der Waals surface area (Å²) >= 11 is 0. The third kappa shape index (κ3) is 5.47. The van der Waals surface area contributed by atoms with Crippen molar-refractivity contribution in [2.45, 2.75) is 32.2 Å². The summed E-state index contributed by atoms with van der Waals surface area (Å²) in [4.78, 5) is 0. The minimum atomic E-state index is -0.307. The Balaban J connectivity index is 2.29. The van der Waals surface area contributed by atoms with Crippen molar-refractivity contribution in [3.8, 4) is 5.75 Å². The molecule has 0 amide bonds. The van der Waals surface area contributed by atoms with Crippen molar-refractivity contribution in [2.75, 3.05) is 20.2 Å². The highest BCUT2D eigenvalue weighted by atomic mass is 19.1. The zero-order chi connectivity index (χ0) is 13.6. The summed E-state index contributed by atoms with van der Waals surface area (Å²) in [7, 11) is 1.47. The van der Waals surface area contributed by atoms with Gasteiger partial charge in [0.05, 0.1) is 7.11 Å². The molecule has 102 valence electrons. The Bertz CT molecular complexity index is 375. The first kappa shape index (κ1) is 14.9. The molecular formula is C14H23FN2O. The van der Waals surface area contributed by atoms with Crippen LogP contribution in [0.15, 0.2) is 18.2 Å². The van der Waals surface area contributed by atoms with E-state index in [1.54, 1.807) is 6.07 Å². The van der Waals surface area contributed by atoms with Crippen molar-refractivity contribution < 1.29 is 9.13 Å². The number of benzene rings is 1. The summed E-state index contributed by atoms with van der Waals surface area (Å²) in [5.74, 6) is -0.0188. The third-order valence-electron chi connectivity index (χ3n) is 2.75. The summed E-state index contributed by atoms with van der Waals surface area (Å²) < 4.78 is 18.3. The van der Waals surface area contributed by atoms with E-state index in [1.807, 2.05) is 19.9 Å². The second kappa shape index (κ2) is 6.71. The summed E-state index contributed by atoms with van der Waals surface area (Å²) in [5.41, 5.74) is 6.70. The van der Waals surface area contributed by atoms with Crippen LogP contribution in [0.1, 0.15) is 25.8 Å². The van der Waals surface area contributed by atoms with Gasteiger partial charge in [-0.3, -0.25) is 0 Å². The maximum absolute atomic E-state index is 13.4. The Kier molecular flexibility index (Phi) is 5.56. The number of rotatable bonds is 7. The lowest BCUT2D eigenvalue weighted by Gasteiger charge is -2.18. The fraction of sp³-hybridized carbons (Fsp3) is 0.571. The maximum Gasteiger partial charge on any atom is 0.165 e. The lowest BCUT2D eigenvalue weighted by molar-refractivity contribution is 0.386. The number of nitrogens with one attached hydrogen (secondary N) is 1. The molecule has 0 aliphatic heterocycles. The quantitative estimate of drug-likeness (QED) is 0.732. The average Bonchev–Trinajstić information content (AvgIpc) is 2.27. The number of halogens is 1. The molecule has 1 aromatic rings. The molecule has 3 N–H and O–H groups in total. The predicted molar refractivity (Wildman–Crippen MR) is 72.4 cm³/mol. The Labute approximate surface area is 109 Å². The molecule has 0 heterocycles. The van der Waals surface area contributed by atoms with Crippen molar-refractivity contribution >= 4 is 0 Å². The summed E-state index contributed by atoms with van der Waals surface area (Å²) in [6.45, 7) is 5.71. The van der Waals surface area contributed by atoms with Gasteiger partial charge < -0.3 is 15.8 Å². The normalized spacial score (nSPS) is 11.6. The molecule has 4 heteroatoms. The van der Waals surface area contributed by atoms with E-state index in [0.717, 1.165) is 31.5 Å². The Morgan fingerprint density at radius 2 is 2.06 bits per heavy atom. The van der Waals surface area contributed by atoms with Crippen LogP contribution in [-0.4, -0.2) is 25.7 Å². The predicted octanol–water partition coefficient (Wildman–Crippen LogP) is 2.09. The van der Waals surface area contributed by atoms with Gasteiger partial charge in [0, 0.05) is 5.54 Å². The van der Waals surface area contributed by atoms with Crippen LogP contribution in [0, 0.1) is 5.82 Å². The zero-order valence-electron chi connectivity index (χ0n) is 11.4. The Hall–Kier alpha value is -1.13. The third-order valence-corrected chi connectivity index (χ3v) is 2.75. The van der Waals surface area contributed by atoms with Gasteiger partial charge in [-0.15, -0.1) is 0 Å². The minimum absolute atomic E-state index is 0.140. The van der Waals surface area contributed by atoms with Gasteiger partial charge in [0.1, 0.15) is 0 Å². The summed E-state index contributed by atoms with van der Waals surface area (Å²) in [6, 6.07) is 5.07. The second-order valence-electron chi connectivity index (χ2n) is 5.21. The molecule has 1 rings (SSSR count). The van der Waals surface area contributed by atoms with Crippen LogP contribution in [0.25, 0.3) is 0 Å². The highest BCUT2D eigenvalue weighted by molar-refractivity contribution is 5.29. The highest BCUT2D eigenvalue weighted by Gasteiger charge is 2.09. The molecule has 0 saturated heterocycles. The number of hydrogen-bond acceptors (Lipinski definition) is 3. The molecule has 0 aliphatic carbocycles. The number of methoxy groups -OCH3 is 1. The molecule has 1 aromatic carbocycles. The van der Waals surface area contributed by atoms with Crippen LogP contribution < -0.4 is 15.8 Å². The molecule has 0 aliphatic rings. The fourth-order valence-electron chi connectivity index (χ4n) is 1.63. The van der Waals surface area contributed by atoms with Gasteiger partial charge in [-0.1, -0.05) is 6.07 Å². The van der Waals surface area contributed by atoms with Crippen molar-refractivity contribution in [3.05, 3.63) is 29.6 Å². The van der Waals surface area contributed by atoms with Crippen LogP contribution in [0.3, 0.4) is 0 Å². The molecule has 0 radical (unpaired) electrons.